The van der Waals surface area contributed by atoms with Crippen LogP contribution in [0.1, 0.15) is 17.5 Å². The van der Waals surface area contributed by atoms with Crippen molar-refractivity contribution in [3.63, 3.8) is 0 Å². The van der Waals surface area contributed by atoms with Gasteiger partial charge in [0.2, 0.25) is 5.91 Å². The van der Waals surface area contributed by atoms with Gasteiger partial charge in [-0.05, 0) is 29.8 Å². The summed E-state index contributed by atoms with van der Waals surface area (Å²) in [6.45, 7) is -0.0230. The quantitative estimate of drug-likeness (QED) is 0.569. The molecule has 8 heteroatoms. The van der Waals surface area contributed by atoms with E-state index in [1.165, 1.54) is 24.3 Å². The molecule has 1 aliphatic rings. The van der Waals surface area contributed by atoms with E-state index in [9.17, 15) is 14.0 Å². The second-order valence-corrected chi connectivity index (χ2v) is 8.38. The fourth-order valence-corrected chi connectivity index (χ4v) is 4.23. The number of imide groups is 1. The van der Waals surface area contributed by atoms with E-state index in [1.807, 2.05) is 6.07 Å². The molecule has 0 unspecified atom stereocenters. The lowest BCUT2D eigenvalue weighted by Crippen LogP contribution is -2.48. The number of nitrogens with zero attached hydrogens (tertiary/aromatic N) is 2. The predicted molar refractivity (Wildman–Crippen MR) is 126 cm³/mol. The zero-order valence-electron chi connectivity index (χ0n) is 18.0. The molecule has 1 aliphatic heterocycles. The summed E-state index contributed by atoms with van der Waals surface area (Å²) in [6, 6.07) is 18.5. The Hall–Kier alpha value is -3.60. The Morgan fingerprint density at radius 3 is 2.53 bits per heavy atom. The van der Waals surface area contributed by atoms with Crippen LogP contribution in [0.3, 0.4) is 0 Å². The number of nitrogens with one attached hydrogen (secondary N) is 1. The molecule has 3 aromatic carbocycles. The Kier molecular flexibility index (Phi) is 7.01. The van der Waals surface area contributed by atoms with Gasteiger partial charge in [-0.2, -0.15) is 5.26 Å². The van der Waals surface area contributed by atoms with E-state index in [2.05, 4.69) is 5.32 Å². The monoisotopic (exact) mass is 479 g/mol. The lowest BCUT2D eigenvalue weighted by Gasteiger charge is -2.25. The summed E-state index contributed by atoms with van der Waals surface area (Å²) in [5, 5.41) is 12.2. The Morgan fingerprint density at radius 1 is 1.09 bits per heavy atom. The highest BCUT2D eigenvalue weighted by Gasteiger charge is 2.37. The van der Waals surface area contributed by atoms with Crippen LogP contribution in [0.2, 0.25) is 5.02 Å². The van der Waals surface area contributed by atoms with Crippen molar-refractivity contribution >= 4 is 29.1 Å². The van der Waals surface area contributed by atoms with Crippen molar-refractivity contribution in [2.45, 2.75) is 25.1 Å². The molecule has 0 saturated carbocycles. The van der Waals surface area contributed by atoms with Gasteiger partial charge in [0.05, 0.1) is 29.8 Å². The van der Waals surface area contributed by atoms with Crippen LogP contribution in [0.15, 0.2) is 66.7 Å². The molecular weight excluding hydrogens is 460 g/mol. The number of anilines is 1. The van der Waals surface area contributed by atoms with E-state index in [0.717, 1.165) is 4.90 Å². The highest BCUT2D eigenvalue weighted by atomic mass is 35.5. The predicted octanol–water partition coefficient (Wildman–Crippen LogP) is 4.82. The normalized spacial score (nSPS) is 17.2. The van der Waals surface area contributed by atoms with Crippen molar-refractivity contribution in [2.24, 2.45) is 0 Å². The first-order chi connectivity index (χ1) is 16.4. The van der Waals surface area contributed by atoms with Gasteiger partial charge in [-0.25, -0.2) is 13.7 Å². The maximum absolute atomic E-state index is 15.8. The number of halogens is 3. The summed E-state index contributed by atoms with van der Waals surface area (Å²) < 4.78 is 29.6. The van der Waals surface area contributed by atoms with Crippen LogP contribution >= 0.6 is 11.6 Å². The molecule has 172 valence electrons. The van der Waals surface area contributed by atoms with E-state index in [-0.39, 0.29) is 30.6 Å². The molecule has 1 saturated heterocycles. The molecule has 34 heavy (non-hydrogen) atoms. The van der Waals surface area contributed by atoms with Gasteiger partial charge >= 0.3 is 0 Å². The molecule has 4 rings (SSSR count). The van der Waals surface area contributed by atoms with Crippen molar-refractivity contribution in [1.82, 2.24) is 5.32 Å². The summed E-state index contributed by atoms with van der Waals surface area (Å²) in [5.74, 6) is -2.23. The maximum Gasteiger partial charge on any atom is 0.251 e. The Morgan fingerprint density at radius 2 is 1.82 bits per heavy atom. The smallest absolute Gasteiger partial charge is 0.251 e. The largest absolute Gasteiger partial charge is 0.303 e. The fraction of sp³-hybridized carbons (Fsp3) is 0.192. The van der Waals surface area contributed by atoms with Crippen molar-refractivity contribution in [3.05, 3.63) is 88.7 Å². The van der Waals surface area contributed by atoms with Crippen LogP contribution in [0.5, 0.6) is 0 Å². The molecule has 1 fully saturated rings. The summed E-state index contributed by atoms with van der Waals surface area (Å²) in [4.78, 5) is 27.5. The van der Waals surface area contributed by atoms with Crippen LogP contribution in [-0.2, 0) is 16.0 Å². The van der Waals surface area contributed by atoms with E-state index in [0.29, 0.717) is 21.7 Å². The number of hydrogen-bond donors (Lipinski definition) is 1. The van der Waals surface area contributed by atoms with Gasteiger partial charge in [0.1, 0.15) is 6.17 Å². The van der Waals surface area contributed by atoms with Gasteiger partial charge in [0, 0.05) is 29.1 Å². The van der Waals surface area contributed by atoms with Crippen molar-refractivity contribution in [1.29, 1.82) is 5.26 Å². The van der Waals surface area contributed by atoms with Crippen molar-refractivity contribution in [3.8, 4) is 17.2 Å². The van der Waals surface area contributed by atoms with E-state index in [4.69, 9.17) is 16.9 Å². The van der Waals surface area contributed by atoms with E-state index < -0.39 is 29.8 Å². The average molecular weight is 480 g/mol. The first-order valence-corrected chi connectivity index (χ1v) is 11.0. The van der Waals surface area contributed by atoms with Crippen molar-refractivity contribution in [2.75, 3.05) is 11.4 Å². The number of carbonyl (C=O) groups is 2. The third-order valence-electron chi connectivity index (χ3n) is 5.64. The average Bonchev–Trinajstić information content (AvgIpc) is 3.27. The topological polar surface area (TPSA) is 73.2 Å². The summed E-state index contributed by atoms with van der Waals surface area (Å²) >= 11 is 6.25. The zero-order chi connectivity index (χ0) is 24.2. The third-order valence-corrected chi connectivity index (χ3v) is 5.97. The highest BCUT2D eigenvalue weighted by Crippen LogP contribution is 2.34. The number of benzene rings is 3. The minimum atomic E-state index is -1.24. The van der Waals surface area contributed by atoms with Crippen LogP contribution in [0.4, 0.5) is 14.5 Å². The summed E-state index contributed by atoms with van der Waals surface area (Å²) in [5.41, 5.74) is 1.14. The molecule has 3 aromatic rings. The molecule has 0 spiro atoms. The third kappa shape index (κ3) is 4.84. The standard InChI is InChI=1S/C26H20ClF2N3O2/c27-21-9-2-1-7-19(21)20-8-4-10-23(25(20)29)32(26(34)22-13-18(28)15-31-22)24(33)12-16-5-3-6-17(11-16)14-30/h1-11,18,22,31H,12-13,15H2/t18-,22+/m1/s1. The van der Waals surface area contributed by atoms with E-state index in [1.54, 1.807) is 42.5 Å². The van der Waals surface area contributed by atoms with Gasteiger partial charge in [-0.3, -0.25) is 9.59 Å². The molecule has 1 N–H and O–H groups in total. The molecule has 0 bridgehead atoms. The second-order valence-electron chi connectivity index (χ2n) is 7.97. The van der Waals surface area contributed by atoms with Gasteiger partial charge in [0.25, 0.3) is 5.91 Å². The molecular formula is C26H20ClF2N3O2. The fourth-order valence-electron chi connectivity index (χ4n) is 4.00. The van der Waals surface area contributed by atoms with Crippen LogP contribution in [0.25, 0.3) is 11.1 Å². The molecule has 2 atom stereocenters. The van der Waals surface area contributed by atoms with Gasteiger partial charge in [-0.15, -0.1) is 0 Å². The SMILES string of the molecule is N#Cc1cccc(CC(=O)N(C(=O)[C@@H]2C[C@@H](F)CN2)c2cccc(-c3ccccc3Cl)c2F)c1. The molecule has 5 nitrogen and oxygen atoms in total. The Balaban J connectivity index is 1.76. The minimum Gasteiger partial charge on any atom is -0.303 e. The lowest BCUT2D eigenvalue weighted by molar-refractivity contribution is -0.127. The number of hydrogen-bond acceptors (Lipinski definition) is 4. The minimum absolute atomic E-state index is 0.0230. The summed E-state index contributed by atoms with van der Waals surface area (Å²) in [6.07, 6.45) is -1.60. The van der Waals surface area contributed by atoms with Gasteiger partial charge in [-0.1, -0.05) is 54.1 Å². The first kappa shape index (κ1) is 23.6. The van der Waals surface area contributed by atoms with Gasteiger partial charge in [0.15, 0.2) is 5.82 Å². The molecule has 2 amide bonds. The molecule has 0 radical (unpaired) electrons. The number of alkyl halides is 1. The Labute approximate surface area is 200 Å². The molecule has 0 aromatic heterocycles. The number of rotatable bonds is 5. The number of carbonyl (C=O) groups excluding carboxylic acids is 2. The molecule has 1 heterocycles. The molecule has 0 aliphatic carbocycles. The lowest BCUT2D eigenvalue weighted by atomic mass is 10.0. The summed E-state index contributed by atoms with van der Waals surface area (Å²) in [7, 11) is 0. The first-order valence-electron chi connectivity index (χ1n) is 10.7. The van der Waals surface area contributed by atoms with Crippen LogP contribution in [-0.4, -0.2) is 30.6 Å². The Bertz CT molecular complexity index is 1290. The highest BCUT2D eigenvalue weighted by molar-refractivity contribution is 6.33. The van der Waals surface area contributed by atoms with Crippen LogP contribution < -0.4 is 10.2 Å². The maximum atomic E-state index is 15.8. The second kappa shape index (κ2) is 10.1. The van der Waals surface area contributed by atoms with Gasteiger partial charge < -0.3 is 5.32 Å². The number of nitriles is 1. The van der Waals surface area contributed by atoms with E-state index >= 15 is 4.39 Å². The van der Waals surface area contributed by atoms with Crippen molar-refractivity contribution < 1.29 is 18.4 Å². The van der Waals surface area contributed by atoms with Crippen LogP contribution in [0, 0.1) is 17.1 Å². The zero-order valence-corrected chi connectivity index (χ0v) is 18.7. The number of amides is 2.